The van der Waals surface area contributed by atoms with Gasteiger partial charge in [-0.25, -0.2) is 0 Å². The molecule has 1 aliphatic rings. The number of benzene rings is 1. The van der Waals surface area contributed by atoms with Gasteiger partial charge in [0, 0.05) is 38.3 Å². The lowest BCUT2D eigenvalue weighted by atomic mass is 10.1. The summed E-state index contributed by atoms with van der Waals surface area (Å²) in [6, 6.07) is 4.94. The van der Waals surface area contributed by atoms with Crippen molar-refractivity contribution in [3.63, 3.8) is 0 Å². The Morgan fingerprint density at radius 2 is 2.00 bits per heavy atom. The van der Waals surface area contributed by atoms with Crippen LogP contribution in [-0.4, -0.2) is 58.5 Å². The third-order valence-corrected chi connectivity index (χ3v) is 3.61. The molecule has 1 amide bonds. The molecule has 3 N–H and O–H groups in total. The number of thiocarbonyl (C=S) groups is 1. The second-order valence-corrected chi connectivity index (χ2v) is 5.56. The van der Waals surface area contributed by atoms with Crippen molar-refractivity contribution in [2.45, 2.75) is 6.92 Å². The van der Waals surface area contributed by atoms with E-state index in [1.165, 1.54) is 0 Å². The van der Waals surface area contributed by atoms with E-state index in [4.69, 9.17) is 18.0 Å². The number of phenols is 1. The largest absolute Gasteiger partial charge is 0.508 e. The van der Waals surface area contributed by atoms with E-state index in [1.807, 2.05) is 4.90 Å². The van der Waals surface area contributed by atoms with Gasteiger partial charge in [0.2, 0.25) is 0 Å². The normalized spacial score (nSPS) is 16.1. The van der Waals surface area contributed by atoms with E-state index in [1.54, 1.807) is 25.1 Å². The van der Waals surface area contributed by atoms with E-state index in [0.717, 1.165) is 13.1 Å². The van der Waals surface area contributed by atoms with Crippen LogP contribution in [-0.2, 0) is 0 Å². The molecule has 2 rings (SSSR count). The van der Waals surface area contributed by atoms with Crippen LogP contribution in [0.3, 0.4) is 0 Å². The van der Waals surface area contributed by atoms with Crippen LogP contribution in [0.15, 0.2) is 18.2 Å². The average Bonchev–Trinajstić information content (AvgIpc) is 2.41. The van der Waals surface area contributed by atoms with Crippen LogP contribution in [0.25, 0.3) is 0 Å². The van der Waals surface area contributed by atoms with Gasteiger partial charge in [-0.3, -0.25) is 9.69 Å². The fourth-order valence-corrected chi connectivity index (χ4v) is 2.48. The van der Waals surface area contributed by atoms with Crippen LogP contribution in [0.2, 0.25) is 0 Å². The van der Waals surface area contributed by atoms with Crippen molar-refractivity contribution in [2.75, 3.05) is 32.7 Å². The molecule has 6 heteroatoms. The van der Waals surface area contributed by atoms with Crippen molar-refractivity contribution in [1.29, 1.82) is 0 Å². The maximum absolute atomic E-state index is 12.4. The number of amides is 1. The first kappa shape index (κ1) is 14.7. The zero-order valence-electron chi connectivity index (χ0n) is 11.5. The minimum absolute atomic E-state index is 0.00285. The molecule has 0 unspecified atom stereocenters. The van der Waals surface area contributed by atoms with Gasteiger partial charge in [0.25, 0.3) is 5.91 Å². The Bertz CT molecular complexity index is 525. The summed E-state index contributed by atoms with van der Waals surface area (Å²) in [5.74, 6) is 0.214. The average molecular weight is 293 g/mol. The highest BCUT2D eigenvalue weighted by molar-refractivity contribution is 7.80. The summed E-state index contributed by atoms with van der Waals surface area (Å²) in [7, 11) is 0. The van der Waals surface area contributed by atoms with Crippen LogP contribution < -0.4 is 5.73 Å². The quantitative estimate of drug-likeness (QED) is 0.805. The van der Waals surface area contributed by atoms with Gasteiger partial charge in [-0.2, -0.15) is 0 Å². The third-order valence-electron chi connectivity index (χ3n) is 3.48. The van der Waals surface area contributed by atoms with Crippen LogP contribution >= 0.6 is 12.2 Å². The van der Waals surface area contributed by atoms with Gasteiger partial charge < -0.3 is 15.7 Å². The molecule has 0 radical (unpaired) electrons. The number of rotatable bonds is 3. The lowest BCUT2D eigenvalue weighted by molar-refractivity contribution is 0.0654. The maximum atomic E-state index is 12.4. The van der Waals surface area contributed by atoms with Crippen LogP contribution in [0.1, 0.15) is 15.9 Å². The van der Waals surface area contributed by atoms with Crippen molar-refractivity contribution in [3.05, 3.63) is 29.3 Å². The molecule has 20 heavy (non-hydrogen) atoms. The second-order valence-electron chi connectivity index (χ2n) is 5.04. The van der Waals surface area contributed by atoms with E-state index < -0.39 is 0 Å². The molecular formula is C14H19N3O2S. The maximum Gasteiger partial charge on any atom is 0.253 e. The number of carbonyl (C=O) groups is 1. The summed E-state index contributed by atoms with van der Waals surface area (Å²) < 4.78 is 0. The van der Waals surface area contributed by atoms with E-state index in [2.05, 4.69) is 4.90 Å². The Hall–Kier alpha value is -1.66. The van der Waals surface area contributed by atoms with Crippen molar-refractivity contribution in [3.8, 4) is 5.75 Å². The molecular weight excluding hydrogens is 274 g/mol. The van der Waals surface area contributed by atoms with Gasteiger partial charge in [-0.15, -0.1) is 0 Å². The molecule has 1 heterocycles. The van der Waals surface area contributed by atoms with E-state index in [-0.39, 0.29) is 11.7 Å². The standard InChI is InChI=1S/C14H19N3O2S/c1-10-8-11(2-3-12(10)18)14(19)17-6-4-16(5-7-17)9-13(15)20/h2-3,8,18H,4-7,9H2,1H3,(H2,15,20). The summed E-state index contributed by atoms with van der Waals surface area (Å²) in [6.45, 7) is 5.28. The van der Waals surface area contributed by atoms with Crippen molar-refractivity contribution in [1.82, 2.24) is 9.80 Å². The second kappa shape index (κ2) is 6.19. The molecule has 0 aliphatic carbocycles. The highest BCUT2D eigenvalue weighted by atomic mass is 32.1. The molecule has 1 aliphatic heterocycles. The first-order valence-electron chi connectivity index (χ1n) is 6.57. The molecule has 0 atom stereocenters. The van der Waals surface area contributed by atoms with Gasteiger partial charge in [0.1, 0.15) is 5.75 Å². The van der Waals surface area contributed by atoms with E-state index >= 15 is 0 Å². The number of hydrogen-bond acceptors (Lipinski definition) is 4. The molecule has 0 spiro atoms. The van der Waals surface area contributed by atoms with E-state index in [9.17, 15) is 9.90 Å². The van der Waals surface area contributed by atoms with Gasteiger partial charge >= 0.3 is 0 Å². The molecule has 1 saturated heterocycles. The fraction of sp³-hybridized carbons (Fsp3) is 0.429. The highest BCUT2D eigenvalue weighted by Gasteiger charge is 2.22. The predicted octanol–water partition coefficient (Wildman–Crippen LogP) is 0.745. The number of aryl methyl sites for hydroxylation is 1. The minimum Gasteiger partial charge on any atom is -0.508 e. The monoisotopic (exact) mass is 293 g/mol. The predicted molar refractivity (Wildman–Crippen MR) is 82.0 cm³/mol. The van der Waals surface area contributed by atoms with Gasteiger partial charge in [-0.05, 0) is 30.7 Å². The Balaban J connectivity index is 1.97. The number of nitrogens with two attached hydrogens (primary N) is 1. The Morgan fingerprint density at radius 3 is 2.55 bits per heavy atom. The number of aromatic hydroxyl groups is 1. The first-order valence-corrected chi connectivity index (χ1v) is 6.98. The topological polar surface area (TPSA) is 69.8 Å². The number of piperazine rings is 1. The molecule has 1 aromatic carbocycles. The number of nitrogens with zero attached hydrogens (tertiary/aromatic N) is 2. The molecule has 1 aromatic rings. The Morgan fingerprint density at radius 1 is 1.35 bits per heavy atom. The molecule has 0 bridgehead atoms. The smallest absolute Gasteiger partial charge is 0.253 e. The lowest BCUT2D eigenvalue weighted by Crippen LogP contribution is -2.50. The number of hydrogen-bond donors (Lipinski definition) is 2. The van der Waals surface area contributed by atoms with E-state index in [0.29, 0.717) is 35.7 Å². The molecule has 108 valence electrons. The van der Waals surface area contributed by atoms with Gasteiger partial charge in [0.15, 0.2) is 0 Å². The zero-order chi connectivity index (χ0) is 14.7. The van der Waals surface area contributed by atoms with Crippen LogP contribution in [0.5, 0.6) is 5.75 Å². The van der Waals surface area contributed by atoms with Gasteiger partial charge in [-0.1, -0.05) is 12.2 Å². The van der Waals surface area contributed by atoms with Crippen molar-refractivity contribution >= 4 is 23.1 Å². The third kappa shape index (κ3) is 3.46. The van der Waals surface area contributed by atoms with Crippen molar-refractivity contribution < 1.29 is 9.90 Å². The molecule has 0 aromatic heterocycles. The Kier molecular flexibility index (Phi) is 4.57. The fourth-order valence-electron chi connectivity index (χ4n) is 2.30. The SMILES string of the molecule is Cc1cc(C(=O)N2CCN(CC(N)=S)CC2)ccc1O. The lowest BCUT2D eigenvalue weighted by Gasteiger charge is -2.34. The summed E-state index contributed by atoms with van der Waals surface area (Å²) in [5, 5.41) is 9.50. The summed E-state index contributed by atoms with van der Waals surface area (Å²) in [4.78, 5) is 16.8. The molecule has 1 fully saturated rings. The first-order chi connectivity index (χ1) is 9.47. The highest BCUT2D eigenvalue weighted by Crippen LogP contribution is 2.18. The zero-order valence-corrected chi connectivity index (χ0v) is 12.3. The minimum atomic E-state index is 0.00285. The molecule has 0 saturated carbocycles. The van der Waals surface area contributed by atoms with Crippen LogP contribution in [0.4, 0.5) is 0 Å². The Labute approximate surface area is 124 Å². The van der Waals surface area contributed by atoms with Crippen molar-refractivity contribution in [2.24, 2.45) is 5.73 Å². The number of phenolic OH excluding ortho intramolecular Hbond substituents is 1. The molecule has 5 nitrogen and oxygen atoms in total. The summed E-state index contributed by atoms with van der Waals surface area (Å²) >= 11 is 4.89. The van der Waals surface area contributed by atoms with Crippen LogP contribution in [0, 0.1) is 6.92 Å². The summed E-state index contributed by atoms with van der Waals surface area (Å²) in [5.41, 5.74) is 6.85. The number of carbonyl (C=O) groups excluding carboxylic acids is 1. The summed E-state index contributed by atoms with van der Waals surface area (Å²) in [6.07, 6.45) is 0. The van der Waals surface area contributed by atoms with Gasteiger partial charge in [0.05, 0.1) is 4.99 Å².